The molecule has 1 aliphatic rings. The molecule has 0 bridgehead atoms. The zero-order valence-corrected chi connectivity index (χ0v) is 11.4. The van der Waals surface area contributed by atoms with Gasteiger partial charge in [0.2, 0.25) is 0 Å². The molecule has 21 heavy (non-hydrogen) atoms. The van der Waals surface area contributed by atoms with E-state index in [1.54, 1.807) is 12.1 Å². The van der Waals surface area contributed by atoms with Crippen LogP contribution in [0, 0.1) is 5.82 Å². The van der Waals surface area contributed by atoms with Gasteiger partial charge >= 0.3 is 0 Å². The topological polar surface area (TPSA) is 50.7 Å². The largest absolute Gasteiger partial charge is 0.505 e. The van der Waals surface area contributed by atoms with Crippen LogP contribution in [0.2, 0.25) is 0 Å². The summed E-state index contributed by atoms with van der Waals surface area (Å²) in [5.74, 6) is 0.600. The second kappa shape index (κ2) is 6.01. The molecule has 5 heteroatoms. The van der Waals surface area contributed by atoms with Crippen LogP contribution < -0.4 is 14.8 Å². The Labute approximate surface area is 122 Å². The van der Waals surface area contributed by atoms with Gasteiger partial charge in [-0.1, -0.05) is 18.2 Å². The smallest absolute Gasteiger partial charge is 0.165 e. The van der Waals surface area contributed by atoms with Gasteiger partial charge in [0.25, 0.3) is 0 Å². The van der Waals surface area contributed by atoms with E-state index in [9.17, 15) is 9.50 Å². The number of halogens is 1. The number of benzene rings is 2. The van der Waals surface area contributed by atoms with Crippen molar-refractivity contribution in [3.05, 3.63) is 53.3 Å². The molecule has 0 aliphatic carbocycles. The number of nitrogens with one attached hydrogen (secondary N) is 1. The molecule has 0 radical (unpaired) electrons. The number of hydrogen-bond donors (Lipinski definition) is 2. The van der Waals surface area contributed by atoms with Crippen LogP contribution in [-0.4, -0.2) is 18.3 Å². The van der Waals surface area contributed by atoms with Crippen LogP contribution in [0.4, 0.5) is 4.39 Å². The van der Waals surface area contributed by atoms with Crippen LogP contribution in [0.5, 0.6) is 17.2 Å². The number of para-hydroxylation sites is 1. The van der Waals surface area contributed by atoms with Crippen molar-refractivity contribution in [1.29, 1.82) is 0 Å². The number of ether oxygens (including phenoxy) is 2. The lowest BCUT2D eigenvalue weighted by atomic mass is 10.1. The maximum atomic E-state index is 13.2. The molecular weight excluding hydrogens is 273 g/mol. The predicted octanol–water partition coefficient (Wildman–Crippen LogP) is 2.59. The van der Waals surface area contributed by atoms with Gasteiger partial charge in [-0.15, -0.1) is 0 Å². The third-order valence-corrected chi connectivity index (χ3v) is 3.32. The fourth-order valence-corrected chi connectivity index (χ4v) is 2.24. The molecular formula is C16H16FNO3. The third kappa shape index (κ3) is 3.08. The lowest BCUT2D eigenvalue weighted by molar-refractivity contribution is 0.171. The van der Waals surface area contributed by atoms with E-state index in [-0.39, 0.29) is 5.75 Å². The normalized spacial score (nSPS) is 13.2. The van der Waals surface area contributed by atoms with Crippen molar-refractivity contribution in [3.63, 3.8) is 0 Å². The van der Waals surface area contributed by atoms with Crippen LogP contribution in [0.15, 0.2) is 36.4 Å². The second-order valence-electron chi connectivity index (χ2n) is 4.83. The van der Waals surface area contributed by atoms with E-state index in [0.29, 0.717) is 31.9 Å². The maximum Gasteiger partial charge on any atom is 0.165 e. The molecule has 2 aromatic carbocycles. The summed E-state index contributed by atoms with van der Waals surface area (Å²) in [7, 11) is 0. The van der Waals surface area contributed by atoms with Crippen molar-refractivity contribution in [1.82, 2.24) is 5.32 Å². The van der Waals surface area contributed by atoms with Crippen molar-refractivity contribution in [3.8, 4) is 17.2 Å². The second-order valence-corrected chi connectivity index (χ2v) is 4.83. The van der Waals surface area contributed by atoms with Gasteiger partial charge in [-0.3, -0.25) is 0 Å². The van der Waals surface area contributed by atoms with Gasteiger partial charge < -0.3 is 19.9 Å². The summed E-state index contributed by atoms with van der Waals surface area (Å²) in [6.45, 7) is 2.11. The standard InChI is InChI=1S/C16H16FNO3/c17-13-3-1-2-12(16(13)19)10-18-9-11-4-5-14-15(8-11)21-7-6-20-14/h1-5,8,18-19H,6-7,9-10H2. The predicted molar refractivity (Wildman–Crippen MR) is 76.0 cm³/mol. The molecule has 110 valence electrons. The molecule has 0 atom stereocenters. The molecule has 4 nitrogen and oxygen atoms in total. The number of aromatic hydroxyl groups is 1. The molecule has 2 N–H and O–H groups in total. The van der Waals surface area contributed by atoms with Crippen LogP contribution in [-0.2, 0) is 13.1 Å². The van der Waals surface area contributed by atoms with Crippen LogP contribution >= 0.6 is 0 Å². The fourth-order valence-electron chi connectivity index (χ4n) is 2.24. The van der Waals surface area contributed by atoms with E-state index < -0.39 is 5.82 Å². The summed E-state index contributed by atoms with van der Waals surface area (Å²) in [5.41, 5.74) is 1.57. The zero-order chi connectivity index (χ0) is 14.7. The van der Waals surface area contributed by atoms with Crippen LogP contribution in [0.1, 0.15) is 11.1 Å². The minimum Gasteiger partial charge on any atom is -0.505 e. The summed E-state index contributed by atoms with van der Waals surface area (Å²) in [6.07, 6.45) is 0. The van der Waals surface area contributed by atoms with Gasteiger partial charge in [0.1, 0.15) is 13.2 Å². The number of phenolic OH excluding ortho intramolecular Hbond substituents is 1. The Morgan fingerprint density at radius 3 is 2.71 bits per heavy atom. The van der Waals surface area contributed by atoms with Crippen molar-refractivity contribution >= 4 is 0 Å². The van der Waals surface area contributed by atoms with Gasteiger partial charge in [0.05, 0.1) is 0 Å². The Morgan fingerprint density at radius 2 is 1.86 bits per heavy atom. The first kappa shape index (κ1) is 13.7. The highest BCUT2D eigenvalue weighted by Gasteiger charge is 2.11. The molecule has 3 rings (SSSR count). The fraction of sp³-hybridized carbons (Fsp3) is 0.250. The van der Waals surface area contributed by atoms with Gasteiger partial charge in [-0.2, -0.15) is 0 Å². The van der Waals surface area contributed by atoms with Crippen molar-refractivity contribution in [2.24, 2.45) is 0 Å². The summed E-state index contributed by atoms with van der Waals surface area (Å²) >= 11 is 0. The Morgan fingerprint density at radius 1 is 1.05 bits per heavy atom. The minimum absolute atomic E-state index is 0.299. The molecule has 1 aliphatic heterocycles. The quantitative estimate of drug-likeness (QED) is 0.908. The lowest BCUT2D eigenvalue weighted by Crippen LogP contribution is -2.16. The Kier molecular flexibility index (Phi) is 3.92. The zero-order valence-electron chi connectivity index (χ0n) is 11.4. The van der Waals surface area contributed by atoms with E-state index in [1.165, 1.54) is 6.07 Å². The van der Waals surface area contributed by atoms with E-state index in [2.05, 4.69) is 5.32 Å². The first-order chi connectivity index (χ1) is 10.2. The first-order valence-corrected chi connectivity index (χ1v) is 6.79. The van der Waals surface area contributed by atoms with E-state index in [0.717, 1.165) is 17.1 Å². The molecule has 0 amide bonds. The molecule has 0 saturated carbocycles. The number of fused-ring (bicyclic) bond motifs is 1. The highest BCUT2D eigenvalue weighted by molar-refractivity contribution is 5.43. The molecule has 2 aromatic rings. The van der Waals surface area contributed by atoms with Crippen LogP contribution in [0.25, 0.3) is 0 Å². The van der Waals surface area contributed by atoms with Crippen molar-refractivity contribution in [2.45, 2.75) is 13.1 Å². The van der Waals surface area contributed by atoms with Gasteiger partial charge in [0.15, 0.2) is 23.1 Å². The van der Waals surface area contributed by atoms with Crippen molar-refractivity contribution in [2.75, 3.05) is 13.2 Å². The molecule has 0 aromatic heterocycles. The Bertz CT molecular complexity index is 645. The van der Waals surface area contributed by atoms with E-state index in [4.69, 9.17) is 9.47 Å². The summed E-state index contributed by atoms with van der Waals surface area (Å²) in [4.78, 5) is 0. The van der Waals surface area contributed by atoms with Gasteiger partial charge in [-0.25, -0.2) is 4.39 Å². The Balaban J connectivity index is 1.61. The maximum absolute atomic E-state index is 13.2. The molecule has 0 fully saturated rings. The molecule has 0 saturated heterocycles. The minimum atomic E-state index is -0.603. The molecule has 1 heterocycles. The molecule has 0 spiro atoms. The lowest BCUT2D eigenvalue weighted by Gasteiger charge is -2.19. The van der Waals surface area contributed by atoms with Gasteiger partial charge in [-0.05, 0) is 23.8 Å². The first-order valence-electron chi connectivity index (χ1n) is 6.79. The van der Waals surface area contributed by atoms with E-state index in [1.807, 2.05) is 18.2 Å². The highest BCUT2D eigenvalue weighted by Crippen LogP contribution is 2.30. The third-order valence-electron chi connectivity index (χ3n) is 3.32. The summed E-state index contributed by atoms with van der Waals surface area (Å²) in [5, 5.41) is 12.8. The van der Waals surface area contributed by atoms with Gasteiger partial charge in [0, 0.05) is 18.7 Å². The average Bonchev–Trinajstić information content (AvgIpc) is 2.51. The highest BCUT2D eigenvalue weighted by atomic mass is 19.1. The van der Waals surface area contributed by atoms with Crippen LogP contribution in [0.3, 0.4) is 0 Å². The summed E-state index contributed by atoms with van der Waals surface area (Å²) < 4.78 is 24.2. The number of phenols is 1. The number of rotatable bonds is 4. The number of hydrogen-bond acceptors (Lipinski definition) is 4. The monoisotopic (exact) mass is 289 g/mol. The summed E-state index contributed by atoms with van der Waals surface area (Å²) in [6, 6.07) is 10.3. The van der Waals surface area contributed by atoms with E-state index >= 15 is 0 Å². The SMILES string of the molecule is Oc1c(F)cccc1CNCc1ccc2c(c1)OCCO2. The molecule has 0 unspecified atom stereocenters. The average molecular weight is 289 g/mol. The Hall–Kier alpha value is -2.27. The van der Waals surface area contributed by atoms with Crippen molar-refractivity contribution < 1.29 is 19.0 Å².